The van der Waals surface area contributed by atoms with Crippen LogP contribution in [0.15, 0.2) is 36.7 Å². The second-order valence-electron chi connectivity index (χ2n) is 4.16. The summed E-state index contributed by atoms with van der Waals surface area (Å²) in [5.41, 5.74) is 1.65. The lowest BCUT2D eigenvalue weighted by atomic mass is 10.2. The number of carboxylic acid groups (broad SMARTS) is 1. The van der Waals surface area contributed by atoms with Crippen molar-refractivity contribution in [1.29, 1.82) is 0 Å². The minimum atomic E-state index is -1.12. The number of carbonyl (C=O) groups is 2. The highest BCUT2D eigenvalue weighted by Gasteiger charge is 2.14. The quantitative estimate of drug-likeness (QED) is 0.742. The second-order valence-corrected chi connectivity index (χ2v) is 4.16. The molecule has 0 aliphatic carbocycles. The molecule has 2 aromatic rings. The Hall–Kier alpha value is -2.89. The molecule has 0 aliphatic heterocycles. The van der Waals surface area contributed by atoms with Crippen molar-refractivity contribution in [2.45, 2.75) is 6.92 Å². The van der Waals surface area contributed by atoms with Crippen LogP contribution >= 0.6 is 0 Å². The standard InChI is InChI=1S/C14H13N3O3/c1-9-7-11(13(16-9)14(19)20)17-12(18)5-4-10-3-2-6-15-8-10/h2-8,16H,1H3,(H,17,18)(H,19,20)/b5-4+. The molecule has 1 amide bonds. The zero-order chi connectivity index (χ0) is 14.5. The van der Waals surface area contributed by atoms with E-state index < -0.39 is 11.9 Å². The fourth-order valence-corrected chi connectivity index (χ4v) is 1.68. The van der Waals surface area contributed by atoms with Crippen LogP contribution in [0.2, 0.25) is 0 Å². The third-order valence-electron chi connectivity index (χ3n) is 2.54. The number of aryl methyl sites for hydroxylation is 1. The van der Waals surface area contributed by atoms with Crippen molar-refractivity contribution in [2.75, 3.05) is 5.32 Å². The van der Waals surface area contributed by atoms with Gasteiger partial charge in [0.2, 0.25) is 5.91 Å². The maximum absolute atomic E-state index is 11.7. The van der Waals surface area contributed by atoms with Crippen molar-refractivity contribution in [1.82, 2.24) is 9.97 Å². The number of aromatic amines is 1. The van der Waals surface area contributed by atoms with Crippen LogP contribution in [0.25, 0.3) is 6.08 Å². The number of carbonyl (C=O) groups excluding carboxylic acids is 1. The fraction of sp³-hybridized carbons (Fsp3) is 0.0714. The molecule has 6 heteroatoms. The number of hydrogen-bond donors (Lipinski definition) is 3. The molecule has 0 saturated heterocycles. The molecular weight excluding hydrogens is 258 g/mol. The van der Waals surface area contributed by atoms with E-state index in [4.69, 9.17) is 5.11 Å². The van der Waals surface area contributed by atoms with Crippen LogP contribution in [0.1, 0.15) is 21.7 Å². The van der Waals surface area contributed by atoms with Crippen molar-refractivity contribution in [2.24, 2.45) is 0 Å². The molecule has 20 heavy (non-hydrogen) atoms. The Balaban J connectivity index is 2.09. The Morgan fingerprint density at radius 2 is 2.25 bits per heavy atom. The maximum atomic E-state index is 11.7. The molecule has 0 bridgehead atoms. The van der Waals surface area contributed by atoms with Gasteiger partial charge in [-0.1, -0.05) is 6.07 Å². The van der Waals surface area contributed by atoms with Gasteiger partial charge in [0, 0.05) is 24.2 Å². The summed E-state index contributed by atoms with van der Waals surface area (Å²) in [5.74, 6) is -1.53. The summed E-state index contributed by atoms with van der Waals surface area (Å²) >= 11 is 0. The van der Waals surface area contributed by atoms with E-state index in [1.54, 1.807) is 43.6 Å². The lowest BCUT2D eigenvalue weighted by molar-refractivity contribution is -0.111. The molecule has 0 saturated carbocycles. The Morgan fingerprint density at radius 3 is 2.90 bits per heavy atom. The molecule has 0 spiro atoms. The summed E-state index contributed by atoms with van der Waals surface area (Å²) in [6.45, 7) is 1.72. The first-order valence-corrected chi connectivity index (χ1v) is 5.88. The summed E-state index contributed by atoms with van der Waals surface area (Å²) in [4.78, 5) is 29.3. The highest BCUT2D eigenvalue weighted by molar-refractivity contribution is 6.05. The average molecular weight is 271 g/mol. The third kappa shape index (κ3) is 3.32. The molecule has 0 radical (unpaired) electrons. The lowest BCUT2D eigenvalue weighted by Crippen LogP contribution is -2.10. The van der Waals surface area contributed by atoms with Crippen molar-refractivity contribution < 1.29 is 14.7 Å². The van der Waals surface area contributed by atoms with Gasteiger partial charge in [0.25, 0.3) is 0 Å². The number of hydrogen-bond acceptors (Lipinski definition) is 3. The first-order chi connectivity index (χ1) is 9.56. The number of aromatic carboxylic acids is 1. The normalized spacial score (nSPS) is 10.7. The number of anilines is 1. The van der Waals surface area contributed by atoms with E-state index >= 15 is 0 Å². The Labute approximate surface area is 115 Å². The van der Waals surface area contributed by atoms with E-state index in [2.05, 4.69) is 15.3 Å². The summed E-state index contributed by atoms with van der Waals surface area (Å²) in [6.07, 6.45) is 6.18. The molecule has 3 N–H and O–H groups in total. The predicted molar refractivity (Wildman–Crippen MR) is 74.4 cm³/mol. The van der Waals surface area contributed by atoms with Gasteiger partial charge in [0.15, 0.2) is 0 Å². The number of rotatable bonds is 4. The largest absolute Gasteiger partial charge is 0.477 e. The zero-order valence-corrected chi connectivity index (χ0v) is 10.8. The Kier molecular flexibility index (Phi) is 3.95. The smallest absolute Gasteiger partial charge is 0.354 e. The number of nitrogens with one attached hydrogen (secondary N) is 2. The average Bonchev–Trinajstić information content (AvgIpc) is 2.79. The van der Waals surface area contributed by atoms with E-state index in [1.807, 2.05) is 0 Å². The van der Waals surface area contributed by atoms with E-state index in [-0.39, 0.29) is 11.4 Å². The Bertz CT molecular complexity index is 660. The van der Waals surface area contributed by atoms with Gasteiger partial charge in [0.05, 0.1) is 5.69 Å². The topological polar surface area (TPSA) is 95.1 Å². The van der Waals surface area contributed by atoms with Gasteiger partial charge in [-0.05, 0) is 30.7 Å². The van der Waals surface area contributed by atoms with Gasteiger partial charge in [0.1, 0.15) is 5.69 Å². The first-order valence-electron chi connectivity index (χ1n) is 5.88. The molecule has 0 unspecified atom stereocenters. The van der Waals surface area contributed by atoms with E-state index in [0.717, 1.165) is 5.56 Å². The van der Waals surface area contributed by atoms with Crippen LogP contribution in [0, 0.1) is 6.92 Å². The molecule has 2 rings (SSSR count). The van der Waals surface area contributed by atoms with Gasteiger partial charge in [-0.25, -0.2) is 4.79 Å². The highest BCUT2D eigenvalue weighted by Crippen LogP contribution is 2.16. The van der Waals surface area contributed by atoms with Crippen LogP contribution in [-0.4, -0.2) is 27.0 Å². The first kappa shape index (κ1) is 13.5. The van der Waals surface area contributed by atoms with Crippen LogP contribution < -0.4 is 5.32 Å². The summed E-state index contributed by atoms with van der Waals surface area (Å²) in [7, 11) is 0. The summed E-state index contributed by atoms with van der Waals surface area (Å²) < 4.78 is 0. The molecular formula is C14H13N3O3. The van der Waals surface area contributed by atoms with E-state index in [1.165, 1.54) is 6.08 Å². The van der Waals surface area contributed by atoms with Gasteiger partial charge in [-0.3, -0.25) is 9.78 Å². The lowest BCUT2D eigenvalue weighted by Gasteiger charge is -2.00. The molecule has 6 nitrogen and oxygen atoms in total. The number of H-pyrrole nitrogens is 1. The number of carboxylic acids is 1. The number of aromatic nitrogens is 2. The number of nitrogens with zero attached hydrogens (tertiary/aromatic N) is 1. The fourth-order valence-electron chi connectivity index (χ4n) is 1.68. The number of amides is 1. The Morgan fingerprint density at radius 1 is 1.45 bits per heavy atom. The summed E-state index contributed by atoms with van der Waals surface area (Å²) in [6, 6.07) is 5.13. The minimum Gasteiger partial charge on any atom is -0.477 e. The monoisotopic (exact) mass is 271 g/mol. The third-order valence-corrected chi connectivity index (χ3v) is 2.54. The van der Waals surface area contributed by atoms with E-state index in [9.17, 15) is 9.59 Å². The van der Waals surface area contributed by atoms with Crippen LogP contribution in [-0.2, 0) is 4.79 Å². The van der Waals surface area contributed by atoms with Gasteiger partial charge in [-0.2, -0.15) is 0 Å². The second kappa shape index (κ2) is 5.83. The molecule has 0 aliphatic rings. The molecule has 102 valence electrons. The van der Waals surface area contributed by atoms with Crippen molar-refractivity contribution in [3.63, 3.8) is 0 Å². The van der Waals surface area contributed by atoms with Gasteiger partial charge in [-0.15, -0.1) is 0 Å². The molecule has 2 aromatic heterocycles. The van der Waals surface area contributed by atoms with Crippen molar-refractivity contribution >= 4 is 23.6 Å². The van der Waals surface area contributed by atoms with Crippen molar-refractivity contribution in [3.05, 3.63) is 53.6 Å². The zero-order valence-electron chi connectivity index (χ0n) is 10.8. The summed E-state index contributed by atoms with van der Waals surface area (Å²) in [5, 5.41) is 11.5. The van der Waals surface area contributed by atoms with Gasteiger partial charge < -0.3 is 15.4 Å². The SMILES string of the molecule is Cc1cc(NC(=O)/C=C/c2cccnc2)c(C(=O)O)[nH]1. The molecule has 0 atom stereocenters. The molecule has 0 fully saturated rings. The van der Waals surface area contributed by atoms with E-state index in [0.29, 0.717) is 5.69 Å². The van der Waals surface area contributed by atoms with Crippen LogP contribution in [0.5, 0.6) is 0 Å². The van der Waals surface area contributed by atoms with Crippen molar-refractivity contribution in [3.8, 4) is 0 Å². The predicted octanol–water partition coefficient (Wildman–Crippen LogP) is 2.07. The minimum absolute atomic E-state index is 0.0365. The maximum Gasteiger partial charge on any atom is 0.354 e. The molecule has 0 aromatic carbocycles. The van der Waals surface area contributed by atoms with Crippen LogP contribution in [0.3, 0.4) is 0 Å². The number of pyridine rings is 1. The van der Waals surface area contributed by atoms with Gasteiger partial charge >= 0.3 is 5.97 Å². The highest BCUT2D eigenvalue weighted by atomic mass is 16.4. The molecule has 2 heterocycles. The van der Waals surface area contributed by atoms with Crippen LogP contribution in [0.4, 0.5) is 5.69 Å².